The van der Waals surface area contributed by atoms with E-state index in [1.807, 2.05) is 54.9 Å². The third-order valence-electron chi connectivity index (χ3n) is 5.56. The van der Waals surface area contributed by atoms with Crippen LogP contribution in [-0.4, -0.2) is 67.0 Å². The van der Waals surface area contributed by atoms with Crippen molar-refractivity contribution < 1.29 is 9.53 Å². The van der Waals surface area contributed by atoms with Crippen LogP contribution >= 0.6 is 11.6 Å². The van der Waals surface area contributed by atoms with E-state index in [0.717, 1.165) is 18.1 Å². The molecule has 8 nitrogen and oxygen atoms in total. The molecule has 0 bridgehead atoms. The SMILES string of the molecule is CCn1ccnc1CN(C)Cc1c(C(=O)N2C[C@@H](C)O[C@@H](C)C2)nc2ccc(Cl)cn12. The maximum absolute atomic E-state index is 13.5. The second kappa shape index (κ2) is 8.98. The first-order chi connectivity index (χ1) is 14.9. The highest BCUT2D eigenvalue weighted by Crippen LogP contribution is 2.22. The molecule has 0 unspecified atom stereocenters. The van der Waals surface area contributed by atoms with Gasteiger partial charge in [0.1, 0.15) is 11.5 Å². The third-order valence-corrected chi connectivity index (χ3v) is 5.79. The van der Waals surface area contributed by atoms with Gasteiger partial charge in [-0.2, -0.15) is 0 Å². The number of halogens is 1. The maximum Gasteiger partial charge on any atom is 0.274 e. The zero-order chi connectivity index (χ0) is 22.1. The highest BCUT2D eigenvalue weighted by atomic mass is 35.5. The molecule has 0 aromatic carbocycles. The molecule has 2 atom stereocenters. The molecule has 9 heteroatoms. The Hall–Kier alpha value is -2.42. The van der Waals surface area contributed by atoms with Gasteiger partial charge in [-0.3, -0.25) is 9.69 Å². The molecule has 1 saturated heterocycles. The topological polar surface area (TPSA) is 67.9 Å². The lowest BCUT2D eigenvalue weighted by Gasteiger charge is -2.35. The molecule has 0 N–H and O–H groups in total. The van der Waals surface area contributed by atoms with Crippen LogP contribution in [0.5, 0.6) is 0 Å². The fourth-order valence-corrected chi connectivity index (χ4v) is 4.38. The van der Waals surface area contributed by atoms with E-state index >= 15 is 0 Å². The summed E-state index contributed by atoms with van der Waals surface area (Å²) in [5.74, 6) is 0.917. The van der Waals surface area contributed by atoms with Crippen molar-refractivity contribution >= 4 is 23.2 Å². The average Bonchev–Trinajstić information content (AvgIpc) is 3.31. The second-order valence-electron chi connectivity index (χ2n) is 8.25. The Morgan fingerprint density at radius 2 is 2.00 bits per heavy atom. The molecule has 31 heavy (non-hydrogen) atoms. The molecule has 4 heterocycles. The number of morpholine rings is 1. The van der Waals surface area contributed by atoms with Gasteiger partial charge in [-0.25, -0.2) is 9.97 Å². The summed E-state index contributed by atoms with van der Waals surface area (Å²) >= 11 is 6.27. The standard InChI is InChI=1S/C22H29ClN6O2/c1-5-27-9-8-24-20(27)14-26(4)13-18-21(25-19-7-6-17(23)12-29(18)19)22(30)28-10-15(2)31-16(3)11-28/h6-9,12,15-16H,5,10-11,13-14H2,1-4H3/t15-,16+. The number of hydrogen-bond acceptors (Lipinski definition) is 5. The second-order valence-corrected chi connectivity index (χ2v) is 8.69. The summed E-state index contributed by atoms with van der Waals surface area (Å²) in [6.07, 6.45) is 5.61. The first kappa shape index (κ1) is 21.8. The van der Waals surface area contributed by atoms with Crippen molar-refractivity contribution in [2.75, 3.05) is 20.1 Å². The van der Waals surface area contributed by atoms with E-state index in [9.17, 15) is 4.79 Å². The zero-order valence-electron chi connectivity index (χ0n) is 18.5. The summed E-state index contributed by atoms with van der Waals surface area (Å²) in [7, 11) is 2.02. The minimum Gasteiger partial charge on any atom is -0.372 e. The number of rotatable bonds is 6. The first-order valence-corrected chi connectivity index (χ1v) is 11.0. The van der Waals surface area contributed by atoms with E-state index in [4.69, 9.17) is 16.3 Å². The molecule has 4 rings (SSSR count). The van der Waals surface area contributed by atoms with Gasteiger partial charge in [0.2, 0.25) is 0 Å². The number of fused-ring (bicyclic) bond motifs is 1. The molecule has 1 amide bonds. The fraction of sp³-hybridized carbons (Fsp3) is 0.500. The monoisotopic (exact) mass is 444 g/mol. The summed E-state index contributed by atoms with van der Waals surface area (Å²) in [6.45, 7) is 9.25. The lowest BCUT2D eigenvalue weighted by atomic mass is 10.2. The summed E-state index contributed by atoms with van der Waals surface area (Å²) in [5, 5.41) is 0.600. The van der Waals surface area contributed by atoms with E-state index in [0.29, 0.717) is 42.5 Å². The van der Waals surface area contributed by atoms with Crippen LogP contribution in [-0.2, 0) is 24.4 Å². The van der Waals surface area contributed by atoms with Crippen molar-refractivity contribution in [1.82, 2.24) is 28.7 Å². The van der Waals surface area contributed by atoms with Crippen LogP contribution in [0.1, 0.15) is 42.8 Å². The predicted molar refractivity (Wildman–Crippen MR) is 119 cm³/mol. The molecular weight excluding hydrogens is 416 g/mol. The molecule has 1 aliphatic rings. The highest BCUT2D eigenvalue weighted by molar-refractivity contribution is 6.30. The molecule has 0 saturated carbocycles. The van der Waals surface area contributed by atoms with Crippen molar-refractivity contribution in [1.29, 1.82) is 0 Å². The van der Waals surface area contributed by atoms with Crippen LogP contribution in [0.15, 0.2) is 30.7 Å². The average molecular weight is 445 g/mol. The van der Waals surface area contributed by atoms with Gasteiger partial charge in [0, 0.05) is 44.8 Å². The van der Waals surface area contributed by atoms with Crippen LogP contribution in [0.3, 0.4) is 0 Å². The van der Waals surface area contributed by atoms with E-state index in [2.05, 4.69) is 26.4 Å². The summed E-state index contributed by atoms with van der Waals surface area (Å²) in [5.41, 5.74) is 2.00. The van der Waals surface area contributed by atoms with Crippen molar-refractivity contribution in [3.8, 4) is 0 Å². The quantitative estimate of drug-likeness (QED) is 0.584. The van der Waals surface area contributed by atoms with E-state index in [1.165, 1.54) is 0 Å². The number of hydrogen-bond donors (Lipinski definition) is 0. The number of aromatic nitrogens is 4. The number of pyridine rings is 1. The predicted octanol–water partition coefficient (Wildman–Crippen LogP) is 3.09. The Morgan fingerprint density at radius 1 is 1.26 bits per heavy atom. The molecular formula is C22H29ClN6O2. The Labute approximate surface area is 187 Å². The Kier molecular flexibility index (Phi) is 6.31. The van der Waals surface area contributed by atoms with Crippen LogP contribution < -0.4 is 0 Å². The third kappa shape index (κ3) is 4.61. The number of nitrogens with zero attached hydrogens (tertiary/aromatic N) is 6. The molecule has 1 aliphatic heterocycles. The zero-order valence-corrected chi connectivity index (χ0v) is 19.2. The van der Waals surface area contributed by atoms with Gasteiger partial charge < -0.3 is 18.6 Å². The van der Waals surface area contributed by atoms with E-state index in [1.54, 1.807) is 6.07 Å². The van der Waals surface area contributed by atoms with Gasteiger partial charge in [-0.05, 0) is 40.0 Å². The summed E-state index contributed by atoms with van der Waals surface area (Å²) in [4.78, 5) is 26.6. The molecule has 166 valence electrons. The molecule has 0 radical (unpaired) electrons. The lowest BCUT2D eigenvalue weighted by molar-refractivity contribution is -0.0587. The molecule has 0 spiro atoms. The fourth-order valence-electron chi connectivity index (χ4n) is 4.22. The maximum atomic E-state index is 13.5. The number of carbonyl (C=O) groups excluding carboxylic acids is 1. The van der Waals surface area contributed by atoms with Gasteiger partial charge in [0.15, 0.2) is 5.69 Å². The van der Waals surface area contributed by atoms with Gasteiger partial charge in [0.25, 0.3) is 5.91 Å². The van der Waals surface area contributed by atoms with Gasteiger partial charge in [0.05, 0.1) is 29.5 Å². The minimum absolute atomic E-state index is 0.00166. The van der Waals surface area contributed by atoms with Crippen LogP contribution in [0, 0.1) is 0 Å². The van der Waals surface area contributed by atoms with Crippen molar-refractivity contribution in [3.63, 3.8) is 0 Å². The number of ether oxygens (including phenoxy) is 1. The first-order valence-electron chi connectivity index (χ1n) is 10.7. The van der Waals surface area contributed by atoms with Gasteiger partial charge in [-0.1, -0.05) is 11.6 Å². The largest absolute Gasteiger partial charge is 0.372 e. The van der Waals surface area contributed by atoms with Gasteiger partial charge >= 0.3 is 0 Å². The summed E-state index contributed by atoms with van der Waals surface area (Å²) in [6, 6.07) is 3.64. The summed E-state index contributed by atoms with van der Waals surface area (Å²) < 4.78 is 9.84. The highest BCUT2D eigenvalue weighted by Gasteiger charge is 2.30. The Morgan fingerprint density at radius 3 is 2.71 bits per heavy atom. The van der Waals surface area contributed by atoms with E-state index in [-0.39, 0.29) is 18.1 Å². The van der Waals surface area contributed by atoms with Gasteiger partial charge in [-0.15, -0.1) is 0 Å². The number of imidazole rings is 2. The number of aryl methyl sites for hydroxylation is 1. The van der Waals surface area contributed by atoms with Crippen molar-refractivity contribution in [2.24, 2.45) is 0 Å². The van der Waals surface area contributed by atoms with Crippen molar-refractivity contribution in [2.45, 2.75) is 52.6 Å². The molecule has 3 aromatic heterocycles. The Bertz CT molecular complexity index is 1070. The molecule has 1 fully saturated rings. The minimum atomic E-state index is -0.0692. The van der Waals surface area contributed by atoms with E-state index < -0.39 is 0 Å². The molecule has 3 aromatic rings. The normalized spacial score (nSPS) is 19.5. The smallest absolute Gasteiger partial charge is 0.274 e. The van der Waals surface area contributed by atoms with Crippen molar-refractivity contribution in [3.05, 3.63) is 53.0 Å². The Balaban J connectivity index is 1.66. The van der Waals surface area contributed by atoms with Crippen LogP contribution in [0.2, 0.25) is 5.02 Å². The van der Waals surface area contributed by atoms with Crippen LogP contribution in [0.25, 0.3) is 5.65 Å². The number of amides is 1. The lowest BCUT2D eigenvalue weighted by Crippen LogP contribution is -2.48. The number of carbonyl (C=O) groups is 1. The van der Waals surface area contributed by atoms with Crippen LogP contribution in [0.4, 0.5) is 0 Å². The molecule has 0 aliphatic carbocycles.